The number of ether oxygens (including phenoxy) is 3. The minimum atomic E-state index is -0.634. The first-order valence-electron chi connectivity index (χ1n) is 15.3. The summed E-state index contributed by atoms with van der Waals surface area (Å²) in [6.45, 7) is 4.51. The van der Waals surface area contributed by atoms with Gasteiger partial charge in [0.15, 0.2) is 17.3 Å². The number of amides is 1. The van der Waals surface area contributed by atoms with Crippen LogP contribution in [0.5, 0.6) is 17.2 Å². The summed E-state index contributed by atoms with van der Waals surface area (Å²) in [6.07, 6.45) is 3.40. The van der Waals surface area contributed by atoms with Crippen molar-refractivity contribution in [3.05, 3.63) is 89.0 Å². The van der Waals surface area contributed by atoms with Crippen LogP contribution < -0.4 is 29.7 Å². The molecule has 46 heavy (non-hydrogen) atoms. The molecule has 1 amide bonds. The largest absolute Gasteiger partial charge is 0.493 e. The molecule has 0 bridgehead atoms. The van der Waals surface area contributed by atoms with Crippen molar-refractivity contribution in [2.45, 2.75) is 39.2 Å². The highest BCUT2D eigenvalue weighted by Crippen LogP contribution is 2.50. The zero-order chi connectivity index (χ0) is 32.6. The maximum Gasteiger partial charge on any atom is 0.239 e. The Labute approximate surface area is 267 Å². The lowest BCUT2D eigenvalue weighted by Gasteiger charge is -2.38. The summed E-state index contributed by atoms with van der Waals surface area (Å²) >= 11 is 0. The molecule has 0 spiro atoms. The Morgan fingerprint density at radius 3 is 2.48 bits per heavy atom. The first-order chi connectivity index (χ1) is 22.1. The van der Waals surface area contributed by atoms with Crippen LogP contribution in [0.25, 0.3) is 10.9 Å². The average Bonchev–Trinajstić information content (AvgIpc) is 3.36. The lowest BCUT2D eigenvalue weighted by molar-refractivity contribution is -0.120. The molecule has 1 aromatic heterocycles. The molecular weight excluding hydrogens is 587 g/mol. The number of nitrogens with zero attached hydrogens (tertiary/aromatic N) is 1. The lowest BCUT2D eigenvalue weighted by atomic mass is 9.73. The molecule has 4 aromatic rings. The number of rotatable bonds is 9. The number of anilines is 2. The van der Waals surface area contributed by atoms with Gasteiger partial charge in [0.2, 0.25) is 11.7 Å². The Morgan fingerprint density at radius 1 is 1.02 bits per heavy atom. The van der Waals surface area contributed by atoms with E-state index in [9.17, 15) is 14.0 Å². The van der Waals surface area contributed by atoms with Gasteiger partial charge in [-0.2, -0.15) is 0 Å². The highest BCUT2D eigenvalue weighted by Gasteiger charge is 2.42. The molecule has 3 aromatic carbocycles. The maximum absolute atomic E-state index is 14.1. The first-order valence-corrected chi connectivity index (χ1v) is 15.3. The van der Waals surface area contributed by atoms with E-state index < -0.39 is 6.04 Å². The summed E-state index contributed by atoms with van der Waals surface area (Å²) in [7, 11) is 4.65. The van der Waals surface area contributed by atoms with Crippen LogP contribution in [0.2, 0.25) is 0 Å². The molecule has 1 aliphatic carbocycles. The van der Waals surface area contributed by atoms with E-state index in [1.165, 1.54) is 12.1 Å². The quantitative estimate of drug-likeness (QED) is 0.200. The zero-order valence-electron chi connectivity index (χ0n) is 26.8. The topological polar surface area (TPSA) is 105 Å². The van der Waals surface area contributed by atoms with Gasteiger partial charge < -0.3 is 34.7 Å². The summed E-state index contributed by atoms with van der Waals surface area (Å²) in [5, 5.41) is 7.42. The molecule has 9 nitrogen and oxygen atoms in total. The van der Waals surface area contributed by atoms with Gasteiger partial charge in [0.1, 0.15) is 5.82 Å². The van der Waals surface area contributed by atoms with Gasteiger partial charge in [-0.15, -0.1) is 0 Å². The smallest absolute Gasteiger partial charge is 0.239 e. The molecule has 2 aliphatic rings. The molecule has 2 heterocycles. The number of halogens is 1. The van der Waals surface area contributed by atoms with Crippen LogP contribution in [0.4, 0.5) is 15.8 Å². The molecule has 6 rings (SSSR count). The Bertz CT molecular complexity index is 1820. The van der Waals surface area contributed by atoms with E-state index >= 15 is 0 Å². The molecule has 3 N–H and O–H groups in total. The SMILES string of the molecule is COc1cc(C2C3=C(CC(C)(C)CC3=O)Nc3ccccc3N2CC(=O)NCCc2c[nH]c3ccc(F)cc23)cc(OC)c1OC. The van der Waals surface area contributed by atoms with Crippen molar-refractivity contribution >= 4 is 34.0 Å². The van der Waals surface area contributed by atoms with Gasteiger partial charge in [0.05, 0.1) is 45.3 Å². The fourth-order valence-corrected chi connectivity index (χ4v) is 6.74. The summed E-state index contributed by atoms with van der Waals surface area (Å²) < 4.78 is 30.9. The van der Waals surface area contributed by atoms with Gasteiger partial charge in [0.25, 0.3) is 0 Å². The number of fused-ring (bicyclic) bond motifs is 2. The number of hydrogen-bond acceptors (Lipinski definition) is 7. The minimum Gasteiger partial charge on any atom is -0.493 e. The maximum atomic E-state index is 14.1. The van der Waals surface area contributed by atoms with Gasteiger partial charge in [-0.05, 0) is 71.8 Å². The van der Waals surface area contributed by atoms with Gasteiger partial charge in [-0.3, -0.25) is 9.59 Å². The average molecular weight is 627 g/mol. The van der Waals surface area contributed by atoms with Crippen LogP contribution in [-0.4, -0.2) is 51.1 Å². The molecular formula is C36H39FN4O5. The molecule has 1 unspecified atom stereocenters. The van der Waals surface area contributed by atoms with E-state index in [-0.39, 0.29) is 29.5 Å². The minimum absolute atomic E-state index is 0.0160. The molecule has 240 valence electrons. The van der Waals surface area contributed by atoms with E-state index in [1.807, 2.05) is 47.5 Å². The number of benzene rings is 3. The molecule has 1 atom stereocenters. The second-order valence-corrected chi connectivity index (χ2v) is 12.6. The van der Waals surface area contributed by atoms with E-state index in [0.717, 1.165) is 39.1 Å². The number of para-hydroxylation sites is 2. The van der Waals surface area contributed by atoms with Crippen molar-refractivity contribution in [3.63, 3.8) is 0 Å². The Balaban J connectivity index is 1.39. The van der Waals surface area contributed by atoms with E-state index in [4.69, 9.17) is 14.2 Å². The Hall–Kier alpha value is -4.99. The predicted octanol–water partition coefficient (Wildman–Crippen LogP) is 6.31. The Morgan fingerprint density at radius 2 is 1.76 bits per heavy atom. The summed E-state index contributed by atoms with van der Waals surface area (Å²) in [5.41, 5.74) is 5.28. The number of H-pyrrole nitrogens is 1. The highest BCUT2D eigenvalue weighted by atomic mass is 19.1. The number of hydrogen-bond donors (Lipinski definition) is 3. The van der Waals surface area contributed by atoms with Crippen molar-refractivity contribution in [1.29, 1.82) is 0 Å². The number of ketones is 1. The van der Waals surface area contributed by atoms with Gasteiger partial charge in [0, 0.05) is 41.3 Å². The molecule has 0 fully saturated rings. The highest BCUT2D eigenvalue weighted by molar-refractivity contribution is 6.02. The number of carbonyl (C=O) groups excluding carboxylic acids is 2. The van der Waals surface area contributed by atoms with Crippen LogP contribution >= 0.6 is 0 Å². The fourth-order valence-electron chi connectivity index (χ4n) is 6.74. The van der Waals surface area contributed by atoms with Gasteiger partial charge in [-0.1, -0.05) is 26.0 Å². The standard InChI is InChI=1S/C36H39FN4O5/c1-36(2)17-27-33(29(42)18-36)34(22-14-30(44-3)35(46-5)31(15-22)45-4)41(28-9-7-6-8-26(28)40-27)20-32(43)38-13-12-21-19-39-25-11-10-23(37)16-24(21)25/h6-11,14-16,19,34,39-40H,12-13,17-18,20H2,1-5H3,(H,38,43). The van der Waals surface area contributed by atoms with Crippen molar-refractivity contribution in [2.75, 3.05) is 44.6 Å². The first kappa shape index (κ1) is 31.0. The summed E-state index contributed by atoms with van der Waals surface area (Å²) in [6, 6.07) is 15.5. The monoisotopic (exact) mass is 626 g/mol. The van der Waals surface area contributed by atoms with Crippen LogP contribution in [0.1, 0.15) is 43.9 Å². The van der Waals surface area contributed by atoms with E-state index in [1.54, 1.807) is 27.4 Å². The second kappa shape index (κ2) is 12.4. The van der Waals surface area contributed by atoms with Crippen molar-refractivity contribution in [2.24, 2.45) is 5.41 Å². The van der Waals surface area contributed by atoms with E-state index in [2.05, 4.69) is 29.5 Å². The summed E-state index contributed by atoms with van der Waals surface area (Å²) in [5.74, 6) is 0.833. The second-order valence-electron chi connectivity index (χ2n) is 12.6. The van der Waals surface area contributed by atoms with Crippen LogP contribution in [0, 0.1) is 11.2 Å². The van der Waals surface area contributed by atoms with Gasteiger partial charge in [-0.25, -0.2) is 4.39 Å². The van der Waals surface area contributed by atoms with Crippen LogP contribution in [0.15, 0.2) is 72.1 Å². The third kappa shape index (κ3) is 5.87. The molecule has 10 heteroatoms. The number of methoxy groups -OCH3 is 3. The molecule has 1 aliphatic heterocycles. The molecule has 0 saturated carbocycles. The Kier molecular flexibility index (Phi) is 8.37. The van der Waals surface area contributed by atoms with Crippen LogP contribution in [-0.2, 0) is 16.0 Å². The normalized spacial score (nSPS) is 17.1. The number of aromatic nitrogens is 1. The summed E-state index contributed by atoms with van der Waals surface area (Å²) in [4.78, 5) is 33.0. The van der Waals surface area contributed by atoms with Crippen molar-refractivity contribution < 1.29 is 28.2 Å². The van der Waals surface area contributed by atoms with Crippen LogP contribution in [0.3, 0.4) is 0 Å². The van der Waals surface area contributed by atoms with Crippen molar-refractivity contribution in [1.82, 2.24) is 10.3 Å². The zero-order valence-corrected chi connectivity index (χ0v) is 26.8. The molecule has 0 saturated heterocycles. The number of Topliss-reactive ketones (excluding diaryl/α,β-unsaturated/α-hetero) is 1. The fraction of sp³-hybridized carbons (Fsp3) is 0.333. The molecule has 0 radical (unpaired) electrons. The lowest BCUT2D eigenvalue weighted by Crippen LogP contribution is -2.42. The number of carbonyl (C=O) groups is 2. The third-order valence-corrected chi connectivity index (χ3v) is 8.77. The van der Waals surface area contributed by atoms with E-state index in [0.29, 0.717) is 48.6 Å². The number of aromatic amines is 1. The predicted molar refractivity (Wildman–Crippen MR) is 176 cm³/mol. The van der Waals surface area contributed by atoms with Gasteiger partial charge >= 0.3 is 0 Å². The third-order valence-electron chi connectivity index (χ3n) is 8.77. The number of allylic oxidation sites excluding steroid dienone is 1. The number of nitrogens with one attached hydrogen (secondary N) is 3. The van der Waals surface area contributed by atoms with Crippen molar-refractivity contribution in [3.8, 4) is 17.2 Å².